The lowest BCUT2D eigenvalue weighted by atomic mass is 10.0. The zero-order chi connectivity index (χ0) is 22.8. The fourth-order valence-electron chi connectivity index (χ4n) is 4.79. The number of aromatic nitrogens is 2. The van der Waals surface area contributed by atoms with E-state index in [2.05, 4.69) is 41.0 Å². The molecule has 1 saturated heterocycles. The van der Waals surface area contributed by atoms with Crippen LogP contribution in [0.2, 0.25) is 5.02 Å². The van der Waals surface area contributed by atoms with Crippen molar-refractivity contribution in [3.05, 3.63) is 52.4 Å². The van der Waals surface area contributed by atoms with Gasteiger partial charge in [0.2, 0.25) is 5.91 Å². The van der Waals surface area contributed by atoms with Crippen LogP contribution >= 0.6 is 11.6 Å². The van der Waals surface area contributed by atoms with Crippen molar-refractivity contribution in [2.24, 2.45) is 0 Å². The third-order valence-corrected chi connectivity index (χ3v) is 6.61. The van der Waals surface area contributed by atoms with Gasteiger partial charge in [-0.2, -0.15) is 0 Å². The van der Waals surface area contributed by atoms with Crippen LogP contribution in [0.1, 0.15) is 56.0 Å². The number of nitrogens with zero attached hydrogens (tertiary/aromatic N) is 4. The Kier molecular flexibility index (Phi) is 6.98. The first-order valence-electron chi connectivity index (χ1n) is 11.4. The van der Waals surface area contributed by atoms with Gasteiger partial charge in [0, 0.05) is 42.8 Å². The summed E-state index contributed by atoms with van der Waals surface area (Å²) in [6.45, 7) is 8.95. The third kappa shape index (κ3) is 4.90. The number of aliphatic hydroxyl groups is 1. The molecule has 1 aliphatic carbocycles. The number of piperazine rings is 1. The molecule has 1 aliphatic heterocycles. The van der Waals surface area contributed by atoms with Gasteiger partial charge in [0.15, 0.2) is 0 Å². The quantitative estimate of drug-likeness (QED) is 0.694. The highest BCUT2D eigenvalue weighted by atomic mass is 35.5. The zero-order valence-corrected chi connectivity index (χ0v) is 19.7. The molecule has 0 unspecified atom stereocenters. The molecule has 0 bridgehead atoms. The van der Waals surface area contributed by atoms with Crippen LogP contribution in [0, 0.1) is 0 Å². The van der Waals surface area contributed by atoms with Gasteiger partial charge in [-0.15, -0.1) is 0 Å². The Labute approximate surface area is 194 Å². The number of amides is 1. The summed E-state index contributed by atoms with van der Waals surface area (Å²) in [5.41, 5.74) is 2.90. The Bertz CT molecular complexity index is 944. The molecule has 2 heterocycles. The van der Waals surface area contributed by atoms with Crippen LogP contribution in [0.25, 0.3) is 0 Å². The van der Waals surface area contributed by atoms with Gasteiger partial charge in [-0.3, -0.25) is 4.79 Å². The maximum Gasteiger partial charge on any atom is 0.240 e. The van der Waals surface area contributed by atoms with E-state index in [0.717, 1.165) is 22.6 Å². The fraction of sp³-hybridized carbons (Fsp3) is 0.542. The average molecular weight is 458 g/mol. The van der Waals surface area contributed by atoms with Gasteiger partial charge >= 0.3 is 0 Å². The SMILES string of the molecule is CC(C)N[C@H](Cc1ccc(Cl)cc1)C(=O)N1CCN(c2ncnc3c2[C@H](C)C[C@H]3O)CC1. The van der Waals surface area contributed by atoms with Crippen molar-refractivity contribution in [1.82, 2.24) is 20.2 Å². The molecule has 1 aromatic heterocycles. The van der Waals surface area contributed by atoms with Crippen LogP contribution in [-0.2, 0) is 11.2 Å². The molecule has 0 radical (unpaired) electrons. The maximum atomic E-state index is 13.4. The van der Waals surface area contributed by atoms with Gasteiger partial charge in [-0.05, 0) is 36.5 Å². The van der Waals surface area contributed by atoms with E-state index in [1.54, 1.807) is 6.33 Å². The Hall–Kier alpha value is -2.22. The van der Waals surface area contributed by atoms with Crippen LogP contribution in [0.15, 0.2) is 30.6 Å². The maximum absolute atomic E-state index is 13.4. The van der Waals surface area contributed by atoms with Gasteiger partial charge in [-0.1, -0.05) is 44.5 Å². The summed E-state index contributed by atoms with van der Waals surface area (Å²) in [5.74, 6) is 1.27. The van der Waals surface area contributed by atoms with Crippen molar-refractivity contribution in [1.29, 1.82) is 0 Å². The molecule has 1 aromatic carbocycles. The largest absolute Gasteiger partial charge is 0.387 e. The number of carbonyl (C=O) groups excluding carboxylic acids is 1. The second-order valence-electron chi connectivity index (χ2n) is 9.17. The number of carbonyl (C=O) groups is 1. The van der Waals surface area contributed by atoms with Crippen molar-refractivity contribution in [2.75, 3.05) is 31.1 Å². The highest BCUT2D eigenvalue weighted by Gasteiger charge is 2.34. The van der Waals surface area contributed by atoms with E-state index >= 15 is 0 Å². The first-order valence-corrected chi connectivity index (χ1v) is 11.8. The minimum atomic E-state index is -0.514. The first kappa shape index (κ1) is 23.0. The smallest absolute Gasteiger partial charge is 0.240 e. The van der Waals surface area contributed by atoms with E-state index in [1.807, 2.05) is 29.2 Å². The van der Waals surface area contributed by atoms with Gasteiger partial charge in [0.1, 0.15) is 12.1 Å². The number of hydrogen-bond donors (Lipinski definition) is 2. The van der Waals surface area contributed by atoms with E-state index in [-0.39, 0.29) is 23.9 Å². The van der Waals surface area contributed by atoms with Crippen molar-refractivity contribution in [2.45, 2.75) is 57.7 Å². The summed E-state index contributed by atoms with van der Waals surface area (Å²) >= 11 is 6.01. The summed E-state index contributed by atoms with van der Waals surface area (Å²) in [7, 11) is 0. The van der Waals surface area contributed by atoms with Crippen LogP contribution in [0.4, 0.5) is 5.82 Å². The Morgan fingerprint density at radius 2 is 1.88 bits per heavy atom. The van der Waals surface area contributed by atoms with E-state index < -0.39 is 6.10 Å². The van der Waals surface area contributed by atoms with Crippen molar-refractivity contribution < 1.29 is 9.90 Å². The van der Waals surface area contributed by atoms with Gasteiger partial charge in [0.05, 0.1) is 17.8 Å². The molecular weight excluding hydrogens is 426 g/mol. The number of benzene rings is 1. The molecule has 172 valence electrons. The monoisotopic (exact) mass is 457 g/mol. The number of aliphatic hydroxyl groups excluding tert-OH is 1. The Morgan fingerprint density at radius 3 is 2.53 bits per heavy atom. The second kappa shape index (κ2) is 9.73. The summed E-state index contributed by atoms with van der Waals surface area (Å²) in [4.78, 5) is 26.4. The molecule has 32 heavy (non-hydrogen) atoms. The van der Waals surface area contributed by atoms with Gasteiger partial charge in [-0.25, -0.2) is 9.97 Å². The molecular formula is C24H32ClN5O2. The summed E-state index contributed by atoms with van der Waals surface area (Å²) in [5, 5.41) is 14.4. The average Bonchev–Trinajstić information content (AvgIpc) is 3.08. The minimum Gasteiger partial charge on any atom is -0.387 e. The number of anilines is 1. The molecule has 2 aliphatic rings. The Balaban J connectivity index is 1.43. The van der Waals surface area contributed by atoms with E-state index in [9.17, 15) is 9.90 Å². The molecule has 2 aromatic rings. The molecule has 2 N–H and O–H groups in total. The molecule has 0 spiro atoms. The molecule has 0 saturated carbocycles. The first-order chi connectivity index (χ1) is 15.3. The van der Waals surface area contributed by atoms with Gasteiger partial charge in [0.25, 0.3) is 0 Å². The highest BCUT2D eigenvalue weighted by molar-refractivity contribution is 6.30. The zero-order valence-electron chi connectivity index (χ0n) is 19.0. The lowest BCUT2D eigenvalue weighted by Gasteiger charge is -2.38. The van der Waals surface area contributed by atoms with Crippen molar-refractivity contribution in [3.63, 3.8) is 0 Å². The standard InChI is InChI=1S/C24H32ClN5O2/c1-15(2)28-19(13-17-4-6-18(25)7-5-17)24(32)30-10-8-29(9-11-30)23-21-16(3)12-20(31)22(21)26-14-27-23/h4-7,14-16,19-20,28,31H,8-13H2,1-3H3/t16-,19-,20-/m1/s1. The number of fused-ring (bicyclic) bond motifs is 1. The lowest BCUT2D eigenvalue weighted by Crippen LogP contribution is -2.56. The second-order valence-corrected chi connectivity index (χ2v) is 9.60. The fourth-order valence-corrected chi connectivity index (χ4v) is 4.92. The van der Waals surface area contributed by atoms with Crippen LogP contribution < -0.4 is 10.2 Å². The number of halogens is 1. The number of rotatable bonds is 6. The molecule has 1 amide bonds. The molecule has 3 atom stereocenters. The lowest BCUT2D eigenvalue weighted by molar-refractivity contribution is -0.134. The van der Waals surface area contributed by atoms with Crippen LogP contribution in [-0.4, -0.2) is 64.1 Å². The molecule has 1 fully saturated rings. The van der Waals surface area contributed by atoms with E-state index in [1.165, 1.54) is 0 Å². The van der Waals surface area contributed by atoms with Crippen LogP contribution in [0.3, 0.4) is 0 Å². The summed E-state index contributed by atoms with van der Waals surface area (Å²) < 4.78 is 0. The van der Waals surface area contributed by atoms with Crippen molar-refractivity contribution in [3.8, 4) is 0 Å². The number of hydrogen-bond acceptors (Lipinski definition) is 6. The van der Waals surface area contributed by atoms with Crippen LogP contribution in [0.5, 0.6) is 0 Å². The molecule has 8 heteroatoms. The highest BCUT2D eigenvalue weighted by Crippen LogP contribution is 2.42. The summed E-state index contributed by atoms with van der Waals surface area (Å²) in [6, 6.07) is 7.62. The van der Waals surface area contributed by atoms with Crippen molar-refractivity contribution >= 4 is 23.3 Å². The van der Waals surface area contributed by atoms with Gasteiger partial charge < -0.3 is 20.2 Å². The summed E-state index contributed by atoms with van der Waals surface area (Å²) in [6.07, 6.45) is 2.35. The molecule has 4 rings (SSSR count). The number of nitrogens with one attached hydrogen (secondary N) is 1. The predicted molar refractivity (Wildman–Crippen MR) is 126 cm³/mol. The minimum absolute atomic E-state index is 0.130. The normalized spacial score (nSPS) is 21.7. The topological polar surface area (TPSA) is 81.6 Å². The predicted octanol–water partition coefficient (Wildman–Crippen LogP) is 2.93. The Morgan fingerprint density at radius 1 is 1.19 bits per heavy atom. The van der Waals surface area contributed by atoms with E-state index in [4.69, 9.17) is 11.6 Å². The molecule has 7 nitrogen and oxygen atoms in total. The third-order valence-electron chi connectivity index (χ3n) is 6.36. The van der Waals surface area contributed by atoms with E-state index in [0.29, 0.717) is 44.0 Å².